The number of carbonyl (C=O) groups is 3. The van der Waals surface area contributed by atoms with Gasteiger partial charge in [0.25, 0.3) is 11.8 Å². The van der Waals surface area contributed by atoms with E-state index in [1.54, 1.807) is 36.4 Å². The second-order valence-electron chi connectivity index (χ2n) is 7.25. The van der Waals surface area contributed by atoms with Gasteiger partial charge < -0.3 is 20.5 Å². The lowest BCUT2D eigenvalue weighted by atomic mass is 10.1. The summed E-state index contributed by atoms with van der Waals surface area (Å²) in [5, 5.41) is 23.8. The lowest BCUT2D eigenvalue weighted by molar-refractivity contribution is -0.118. The van der Waals surface area contributed by atoms with Crippen LogP contribution >= 0.6 is 0 Å². The van der Waals surface area contributed by atoms with Gasteiger partial charge in [-0.25, -0.2) is 4.79 Å². The molecule has 0 radical (unpaired) electrons. The van der Waals surface area contributed by atoms with E-state index in [9.17, 15) is 19.6 Å². The number of amides is 2. The fourth-order valence-corrected chi connectivity index (χ4v) is 2.94. The van der Waals surface area contributed by atoms with Crippen molar-refractivity contribution in [2.75, 3.05) is 17.2 Å². The maximum absolute atomic E-state index is 12.6. The topological polar surface area (TPSA) is 129 Å². The number of hydrogen-bond acceptors (Lipinski definition) is 5. The van der Waals surface area contributed by atoms with Crippen LogP contribution in [0.4, 0.5) is 11.4 Å². The quantitative estimate of drug-likeness (QED) is 0.344. The number of anilines is 2. The van der Waals surface area contributed by atoms with Crippen LogP contribution in [0.3, 0.4) is 0 Å². The molecular weight excluding hydrogens is 434 g/mol. The molecule has 0 bridgehead atoms. The minimum absolute atomic E-state index is 0.00273. The second kappa shape index (κ2) is 11.1. The number of carboxylic acid groups (broad SMARTS) is 1. The van der Waals surface area contributed by atoms with Crippen molar-refractivity contribution in [3.05, 3.63) is 95.1 Å². The van der Waals surface area contributed by atoms with E-state index in [1.165, 1.54) is 30.3 Å². The predicted molar refractivity (Wildman–Crippen MR) is 127 cm³/mol. The van der Waals surface area contributed by atoms with E-state index in [1.807, 2.05) is 25.1 Å². The molecule has 0 saturated carbocycles. The van der Waals surface area contributed by atoms with Crippen LogP contribution in [0.25, 0.3) is 6.08 Å². The van der Waals surface area contributed by atoms with E-state index in [0.717, 1.165) is 5.56 Å². The van der Waals surface area contributed by atoms with Gasteiger partial charge in [-0.3, -0.25) is 9.59 Å². The van der Waals surface area contributed by atoms with Gasteiger partial charge in [0.15, 0.2) is 6.61 Å². The summed E-state index contributed by atoms with van der Waals surface area (Å²) >= 11 is 0. The van der Waals surface area contributed by atoms with Gasteiger partial charge >= 0.3 is 5.97 Å². The minimum Gasteiger partial charge on any atom is -0.483 e. The standard InChI is InChI=1S/C26H21N3O5/c1-17-9-11-21(12-10-17)28-24(30)16-34-23-8-3-2-5-18(23)13-20(15-27)25(31)29-22-7-4-6-19(14-22)26(32)33/h2-14H,16H2,1H3,(H,28,30)(H,29,31)(H,32,33)/b20-13-. The highest BCUT2D eigenvalue weighted by Gasteiger charge is 2.13. The van der Waals surface area contributed by atoms with Gasteiger partial charge in [0.1, 0.15) is 17.4 Å². The smallest absolute Gasteiger partial charge is 0.335 e. The zero-order chi connectivity index (χ0) is 24.5. The van der Waals surface area contributed by atoms with Crippen molar-refractivity contribution in [3.63, 3.8) is 0 Å². The average Bonchev–Trinajstić information content (AvgIpc) is 2.83. The first-order chi connectivity index (χ1) is 16.4. The van der Waals surface area contributed by atoms with Crippen molar-refractivity contribution in [2.45, 2.75) is 6.92 Å². The number of ether oxygens (including phenoxy) is 1. The maximum atomic E-state index is 12.6. The van der Waals surface area contributed by atoms with Crippen LogP contribution in [0.1, 0.15) is 21.5 Å². The molecule has 2 amide bonds. The summed E-state index contributed by atoms with van der Waals surface area (Å²) in [4.78, 5) is 35.9. The van der Waals surface area contributed by atoms with Gasteiger partial charge in [0.2, 0.25) is 0 Å². The molecule has 8 heteroatoms. The Kier molecular flexibility index (Phi) is 7.76. The summed E-state index contributed by atoms with van der Waals surface area (Å²) in [6.07, 6.45) is 1.34. The summed E-state index contributed by atoms with van der Waals surface area (Å²) in [5.41, 5.74) is 2.16. The number of carboxylic acids is 1. The third-order valence-electron chi connectivity index (χ3n) is 4.65. The molecule has 0 aliphatic carbocycles. The molecule has 0 aliphatic rings. The van der Waals surface area contributed by atoms with Crippen molar-refractivity contribution >= 4 is 35.2 Å². The number of rotatable bonds is 8. The minimum atomic E-state index is -1.13. The fraction of sp³-hybridized carbons (Fsp3) is 0.0769. The van der Waals surface area contributed by atoms with E-state index in [4.69, 9.17) is 9.84 Å². The fourth-order valence-electron chi connectivity index (χ4n) is 2.94. The molecule has 3 rings (SSSR count). The van der Waals surface area contributed by atoms with E-state index >= 15 is 0 Å². The van der Waals surface area contributed by atoms with Crippen LogP contribution in [-0.2, 0) is 9.59 Å². The van der Waals surface area contributed by atoms with E-state index in [0.29, 0.717) is 17.0 Å². The lowest BCUT2D eigenvalue weighted by Crippen LogP contribution is -2.20. The van der Waals surface area contributed by atoms with Gasteiger partial charge in [-0.1, -0.05) is 42.0 Å². The molecule has 0 heterocycles. The first-order valence-electron chi connectivity index (χ1n) is 10.2. The van der Waals surface area contributed by atoms with Crippen LogP contribution in [0, 0.1) is 18.3 Å². The molecule has 34 heavy (non-hydrogen) atoms. The van der Waals surface area contributed by atoms with E-state index in [-0.39, 0.29) is 29.3 Å². The molecule has 3 aromatic rings. The molecule has 0 unspecified atom stereocenters. The lowest BCUT2D eigenvalue weighted by Gasteiger charge is -2.10. The highest BCUT2D eigenvalue weighted by Crippen LogP contribution is 2.22. The Morgan fingerprint density at radius 3 is 2.41 bits per heavy atom. The molecule has 170 valence electrons. The number of nitrogens with zero attached hydrogens (tertiary/aromatic N) is 1. The second-order valence-corrected chi connectivity index (χ2v) is 7.25. The number of hydrogen-bond donors (Lipinski definition) is 3. The van der Waals surface area contributed by atoms with Crippen molar-refractivity contribution in [1.29, 1.82) is 5.26 Å². The molecular formula is C26H21N3O5. The van der Waals surface area contributed by atoms with Crippen LogP contribution in [0.15, 0.2) is 78.4 Å². The number of nitriles is 1. The molecule has 0 saturated heterocycles. The van der Waals surface area contributed by atoms with Crippen molar-refractivity contribution in [1.82, 2.24) is 0 Å². The molecule has 0 aromatic heterocycles. The Labute approximate surface area is 196 Å². The molecule has 0 fully saturated rings. The molecule has 3 aromatic carbocycles. The normalized spacial score (nSPS) is 10.6. The number of aryl methyl sites for hydroxylation is 1. The largest absolute Gasteiger partial charge is 0.483 e. The summed E-state index contributed by atoms with van der Waals surface area (Å²) in [7, 11) is 0. The monoisotopic (exact) mass is 455 g/mol. The highest BCUT2D eigenvalue weighted by molar-refractivity contribution is 6.10. The Bertz CT molecular complexity index is 1290. The highest BCUT2D eigenvalue weighted by atomic mass is 16.5. The number of carbonyl (C=O) groups excluding carboxylic acids is 2. The predicted octanol–water partition coefficient (Wildman–Crippen LogP) is 4.26. The van der Waals surface area contributed by atoms with Crippen LogP contribution in [-0.4, -0.2) is 29.5 Å². The molecule has 8 nitrogen and oxygen atoms in total. The molecule has 0 aliphatic heterocycles. The van der Waals surface area contributed by atoms with E-state index < -0.39 is 11.9 Å². The summed E-state index contributed by atoms with van der Waals surface area (Å²) in [5.74, 6) is -1.89. The zero-order valence-corrected chi connectivity index (χ0v) is 18.2. The molecule has 0 spiro atoms. The SMILES string of the molecule is Cc1ccc(NC(=O)COc2ccccc2/C=C(/C#N)C(=O)Nc2cccc(C(=O)O)c2)cc1. The average molecular weight is 455 g/mol. The summed E-state index contributed by atoms with van der Waals surface area (Å²) < 4.78 is 5.62. The molecule has 3 N–H and O–H groups in total. The van der Waals surface area contributed by atoms with Crippen LogP contribution in [0.2, 0.25) is 0 Å². The van der Waals surface area contributed by atoms with Gasteiger partial charge in [-0.15, -0.1) is 0 Å². The van der Waals surface area contributed by atoms with Crippen molar-refractivity contribution in [2.24, 2.45) is 0 Å². The van der Waals surface area contributed by atoms with Crippen molar-refractivity contribution in [3.8, 4) is 11.8 Å². The third kappa shape index (κ3) is 6.55. The first kappa shape index (κ1) is 23.8. The van der Waals surface area contributed by atoms with E-state index in [2.05, 4.69) is 10.6 Å². The van der Waals surface area contributed by atoms with Crippen molar-refractivity contribution < 1.29 is 24.2 Å². The number of benzene rings is 3. The van der Waals surface area contributed by atoms with Crippen LogP contribution < -0.4 is 15.4 Å². The van der Waals surface area contributed by atoms with Gasteiger partial charge in [-0.05, 0) is 49.4 Å². The molecule has 0 atom stereocenters. The first-order valence-corrected chi connectivity index (χ1v) is 10.2. The van der Waals surface area contributed by atoms with Gasteiger partial charge in [0.05, 0.1) is 5.56 Å². The Morgan fingerprint density at radius 1 is 0.971 bits per heavy atom. The number of aromatic carboxylic acids is 1. The maximum Gasteiger partial charge on any atom is 0.335 e. The third-order valence-corrected chi connectivity index (χ3v) is 4.65. The van der Waals surface area contributed by atoms with Gasteiger partial charge in [0, 0.05) is 16.9 Å². The zero-order valence-electron chi connectivity index (χ0n) is 18.2. The Hall–Kier alpha value is -4.90. The van der Waals surface area contributed by atoms with Crippen LogP contribution in [0.5, 0.6) is 5.75 Å². The summed E-state index contributed by atoms with van der Waals surface area (Å²) in [6, 6.07) is 21.5. The number of nitrogens with one attached hydrogen (secondary N) is 2. The Balaban J connectivity index is 1.70. The van der Waals surface area contributed by atoms with Gasteiger partial charge in [-0.2, -0.15) is 5.26 Å². The Morgan fingerprint density at radius 2 is 1.71 bits per heavy atom. The summed E-state index contributed by atoms with van der Waals surface area (Å²) in [6.45, 7) is 1.68. The number of para-hydroxylation sites is 1.